The Morgan fingerprint density at radius 2 is 1.37 bits per heavy atom. The molecule has 0 N–H and O–H groups in total. The molecule has 0 aromatic carbocycles. The number of hydrogen-bond acceptors (Lipinski definition) is 2. The van der Waals surface area contributed by atoms with Crippen LogP contribution in [-0.2, 0) is 9.47 Å². The van der Waals surface area contributed by atoms with E-state index in [2.05, 4.69) is 55.4 Å². The summed E-state index contributed by atoms with van der Waals surface area (Å²) in [7, 11) is 0. The van der Waals surface area contributed by atoms with E-state index in [9.17, 15) is 0 Å². The minimum atomic E-state index is 0.432. The normalized spacial score (nSPS) is 29.9. The van der Waals surface area contributed by atoms with E-state index in [1.54, 1.807) is 0 Å². The maximum absolute atomic E-state index is 6.13. The molecule has 0 radical (unpaired) electrons. The van der Waals surface area contributed by atoms with E-state index in [0.29, 0.717) is 16.9 Å². The third kappa shape index (κ3) is 8.81. The van der Waals surface area contributed by atoms with E-state index in [1.807, 2.05) is 0 Å². The van der Waals surface area contributed by atoms with E-state index >= 15 is 0 Å². The van der Waals surface area contributed by atoms with Crippen LogP contribution in [0.25, 0.3) is 0 Å². The molecule has 0 aromatic heterocycles. The molecule has 178 valence electrons. The summed E-state index contributed by atoms with van der Waals surface area (Å²) >= 11 is 0. The first-order valence-corrected chi connectivity index (χ1v) is 13.2. The first-order valence-electron chi connectivity index (χ1n) is 13.2. The van der Waals surface area contributed by atoms with Crippen molar-refractivity contribution in [2.75, 3.05) is 19.8 Å². The van der Waals surface area contributed by atoms with Gasteiger partial charge in [-0.15, -0.1) is 0 Å². The fourth-order valence-corrected chi connectivity index (χ4v) is 6.14. The van der Waals surface area contributed by atoms with Gasteiger partial charge in [-0.3, -0.25) is 0 Å². The molecule has 0 saturated heterocycles. The second-order valence-corrected chi connectivity index (χ2v) is 13.2. The van der Waals surface area contributed by atoms with Crippen molar-refractivity contribution in [2.45, 2.75) is 119 Å². The lowest BCUT2D eigenvalue weighted by molar-refractivity contribution is -0.0327. The van der Waals surface area contributed by atoms with Crippen molar-refractivity contribution < 1.29 is 9.47 Å². The highest BCUT2D eigenvalue weighted by Gasteiger charge is 2.35. The van der Waals surface area contributed by atoms with E-state index in [4.69, 9.17) is 9.47 Å². The molecule has 2 fully saturated rings. The molecule has 0 spiro atoms. The van der Waals surface area contributed by atoms with Gasteiger partial charge in [-0.2, -0.15) is 0 Å². The summed E-state index contributed by atoms with van der Waals surface area (Å²) < 4.78 is 12.2. The minimum absolute atomic E-state index is 0.432. The highest BCUT2D eigenvalue weighted by atomic mass is 16.5. The maximum atomic E-state index is 6.13. The van der Waals surface area contributed by atoms with Gasteiger partial charge in [-0.1, -0.05) is 55.4 Å². The van der Waals surface area contributed by atoms with E-state index in [1.165, 1.54) is 57.8 Å². The van der Waals surface area contributed by atoms with Gasteiger partial charge in [0.2, 0.25) is 0 Å². The molecule has 2 saturated carbocycles. The SMILES string of the molecule is CC(C)CC(C1CCC(COCCOC2CCC(C(C)(C)C)CC2)CC1)C(C)(C)C. The Hall–Kier alpha value is -0.0800. The van der Waals surface area contributed by atoms with Crippen molar-refractivity contribution in [3.63, 3.8) is 0 Å². The second kappa shape index (κ2) is 11.7. The zero-order valence-corrected chi connectivity index (χ0v) is 21.8. The van der Waals surface area contributed by atoms with Crippen molar-refractivity contribution in [1.82, 2.24) is 0 Å². The molecule has 2 rings (SSSR count). The van der Waals surface area contributed by atoms with E-state index in [0.717, 1.165) is 49.4 Å². The Morgan fingerprint density at radius 1 is 0.767 bits per heavy atom. The average molecular weight is 423 g/mol. The van der Waals surface area contributed by atoms with Crippen LogP contribution in [0.15, 0.2) is 0 Å². The monoisotopic (exact) mass is 422 g/mol. The smallest absolute Gasteiger partial charge is 0.0704 e. The molecule has 0 aromatic rings. The zero-order valence-electron chi connectivity index (χ0n) is 21.8. The first kappa shape index (κ1) is 26.2. The lowest BCUT2D eigenvalue weighted by atomic mass is 9.64. The van der Waals surface area contributed by atoms with Crippen LogP contribution in [0.3, 0.4) is 0 Å². The summed E-state index contributed by atoms with van der Waals surface area (Å²) in [6.07, 6.45) is 12.5. The largest absolute Gasteiger partial charge is 0.379 e. The van der Waals surface area contributed by atoms with Crippen molar-refractivity contribution >= 4 is 0 Å². The molecule has 1 unspecified atom stereocenters. The van der Waals surface area contributed by atoms with Crippen LogP contribution in [0.5, 0.6) is 0 Å². The van der Waals surface area contributed by atoms with Gasteiger partial charge in [-0.05, 0) is 98.2 Å². The lowest BCUT2D eigenvalue weighted by Gasteiger charge is -2.41. The van der Waals surface area contributed by atoms with Gasteiger partial charge >= 0.3 is 0 Å². The Morgan fingerprint density at radius 3 is 1.87 bits per heavy atom. The molecular weight excluding hydrogens is 368 g/mol. The van der Waals surface area contributed by atoms with E-state index < -0.39 is 0 Å². The molecule has 30 heavy (non-hydrogen) atoms. The molecular formula is C28H54O2. The van der Waals surface area contributed by atoms with Crippen LogP contribution in [0.2, 0.25) is 0 Å². The predicted octanol–water partition coefficient (Wildman–Crippen LogP) is 8.14. The molecule has 1 atom stereocenters. The van der Waals surface area contributed by atoms with Gasteiger partial charge in [0.1, 0.15) is 0 Å². The van der Waals surface area contributed by atoms with Crippen LogP contribution in [0.4, 0.5) is 0 Å². The third-order valence-electron chi connectivity index (χ3n) is 8.13. The fraction of sp³-hybridized carbons (Fsp3) is 1.00. The van der Waals surface area contributed by atoms with Gasteiger partial charge in [-0.25, -0.2) is 0 Å². The molecule has 0 aliphatic heterocycles. The lowest BCUT2D eigenvalue weighted by Crippen LogP contribution is -2.33. The van der Waals surface area contributed by atoms with Gasteiger partial charge < -0.3 is 9.47 Å². The fourth-order valence-electron chi connectivity index (χ4n) is 6.14. The Kier molecular flexibility index (Phi) is 10.2. The first-order chi connectivity index (χ1) is 14.0. The van der Waals surface area contributed by atoms with E-state index in [-0.39, 0.29) is 0 Å². The quantitative estimate of drug-likeness (QED) is 0.349. The highest BCUT2D eigenvalue weighted by Crippen LogP contribution is 2.44. The second-order valence-electron chi connectivity index (χ2n) is 13.2. The number of rotatable bonds is 9. The molecule has 2 aliphatic rings. The minimum Gasteiger partial charge on any atom is -0.379 e. The molecule has 2 nitrogen and oxygen atoms in total. The van der Waals surface area contributed by atoms with Crippen LogP contribution < -0.4 is 0 Å². The topological polar surface area (TPSA) is 18.5 Å². The molecule has 2 aliphatic carbocycles. The molecule has 0 bridgehead atoms. The van der Waals surface area contributed by atoms with Crippen molar-refractivity contribution in [3.8, 4) is 0 Å². The molecule has 0 amide bonds. The standard InChI is InChI=1S/C28H54O2/c1-21(2)19-26(28(6,7)8)23-11-9-22(10-12-23)20-29-17-18-30-25-15-13-24(14-16-25)27(3,4)5/h21-26H,9-20H2,1-8H3. The van der Waals surface area contributed by atoms with Crippen molar-refractivity contribution in [1.29, 1.82) is 0 Å². The summed E-state index contributed by atoms with van der Waals surface area (Å²) in [5.41, 5.74) is 0.885. The third-order valence-corrected chi connectivity index (χ3v) is 8.13. The van der Waals surface area contributed by atoms with Crippen LogP contribution >= 0.6 is 0 Å². The van der Waals surface area contributed by atoms with Gasteiger partial charge in [0, 0.05) is 6.61 Å². The van der Waals surface area contributed by atoms with Crippen LogP contribution in [-0.4, -0.2) is 25.9 Å². The summed E-state index contributed by atoms with van der Waals surface area (Å²) in [5.74, 6) is 4.21. The van der Waals surface area contributed by atoms with Gasteiger partial charge in [0.25, 0.3) is 0 Å². The molecule has 0 heterocycles. The van der Waals surface area contributed by atoms with Crippen LogP contribution in [0, 0.1) is 40.4 Å². The Bertz CT molecular complexity index is 454. The number of hydrogen-bond donors (Lipinski definition) is 0. The Labute approximate surface area is 189 Å². The summed E-state index contributed by atoms with van der Waals surface area (Å²) in [4.78, 5) is 0. The zero-order chi connectivity index (χ0) is 22.4. The van der Waals surface area contributed by atoms with Gasteiger partial charge in [0.05, 0.1) is 19.3 Å². The van der Waals surface area contributed by atoms with Crippen LogP contribution in [0.1, 0.15) is 113 Å². The average Bonchev–Trinajstić information content (AvgIpc) is 2.65. The number of ether oxygens (including phenoxy) is 2. The Balaban J connectivity index is 1.57. The summed E-state index contributed by atoms with van der Waals surface area (Å²) in [6, 6.07) is 0. The van der Waals surface area contributed by atoms with Crippen molar-refractivity contribution in [3.05, 3.63) is 0 Å². The maximum Gasteiger partial charge on any atom is 0.0704 e. The van der Waals surface area contributed by atoms with Gasteiger partial charge in [0.15, 0.2) is 0 Å². The highest BCUT2D eigenvalue weighted by molar-refractivity contribution is 4.85. The summed E-state index contributed by atoms with van der Waals surface area (Å²) in [5, 5.41) is 0. The predicted molar refractivity (Wildman–Crippen MR) is 130 cm³/mol. The van der Waals surface area contributed by atoms with Crippen molar-refractivity contribution in [2.24, 2.45) is 40.4 Å². The summed E-state index contributed by atoms with van der Waals surface area (Å²) in [6.45, 7) is 21.8. The molecule has 2 heteroatoms.